The van der Waals surface area contributed by atoms with E-state index in [2.05, 4.69) is 22.9 Å². The highest BCUT2D eigenvalue weighted by Gasteiger charge is 2.39. The first-order valence-corrected chi connectivity index (χ1v) is 6.17. The summed E-state index contributed by atoms with van der Waals surface area (Å²) >= 11 is 2.71. The van der Waals surface area contributed by atoms with Gasteiger partial charge in [0.1, 0.15) is 4.83 Å². The van der Waals surface area contributed by atoms with E-state index in [-0.39, 0.29) is 12.6 Å². The van der Waals surface area contributed by atoms with Gasteiger partial charge in [-0.3, -0.25) is 4.90 Å². The van der Waals surface area contributed by atoms with Gasteiger partial charge >= 0.3 is 6.18 Å². The van der Waals surface area contributed by atoms with E-state index >= 15 is 0 Å². The molecule has 0 aliphatic carbocycles. The Bertz CT molecular complexity index is 207. The average molecular weight is 288 g/mol. The van der Waals surface area contributed by atoms with E-state index < -0.39 is 11.0 Å². The average Bonchev–Trinajstić information content (AvgIpc) is 2.09. The number of hydrogen-bond donors (Lipinski definition) is 0. The molecule has 0 amide bonds. The van der Waals surface area contributed by atoms with Crippen molar-refractivity contribution >= 4 is 15.9 Å². The standard InChI is InChI=1S/C10H17BrF3N/c1-7-3-4-8(2)15(5-7)6-9(11)10(12,13)14/h7-9H,3-6H2,1-2H3. The van der Waals surface area contributed by atoms with Crippen molar-refractivity contribution in [1.82, 2.24) is 4.90 Å². The smallest absolute Gasteiger partial charge is 0.299 e. The van der Waals surface area contributed by atoms with E-state index in [4.69, 9.17) is 0 Å². The van der Waals surface area contributed by atoms with Crippen LogP contribution in [-0.4, -0.2) is 35.0 Å². The van der Waals surface area contributed by atoms with Crippen molar-refractivity contribution in [3.8, 4) is 0 Å². The highest BCUT2D eigenvalue weighted by molar-refractivity contribution is 9.09. The van der Waals surface area contributed by atoms with Gasteiger partial charge in [-0.05, 0) is 25.7 Å². The fourth-order valence-electron chi connectivity index (χ4n) is 1.94. The maximum atomic E-state index is 12.4. The van der Waals surface area contributed by atoms with Crippen LogP contribution in [0.25, 0.3) is 0 Å². The van der Waals surface area contributed by atoms with Crippen molar-refractivity contribution in [1.29, 1.82) is 0 Å². The topological polar surface area (TPSA) is 3.24 Å². The summed E-state index contributed by atoms with van der Waals surface area (Å²) in [6.45, 7) is 4.94. The largest absolute Gasteiger partial charge is 0.402 e. The summed E-state index contributed by atoms with van der Waals surface area (Å²) in [5.41, 5.74) is 0. The maximum absolute atomic E-state index is 12.4. The number of nitrogens with zero attached hydrogens (tertiary/aromatic N) is 1. The Morgan fingerprint density at radius 1 is 1.33 bits per heavy atom. The van der Waals surface area contributed by atoms with Gasteiger partial charge in [-0.2, -0.15) is 13.2 Å². The predicted molar refractivity (Wildman–Crippen MR) is 58.2 cm³/mol. The molecular formula is C10H17BrF3N. The van der Waals surface area contributed by atoms with Crippen LogP contribution >= 0.6 is 15.9 Å². The molecular weight excluding hydrogens is 271 g/mol. The first-order valence-electron chi connectivity index (χ1n) is 5.25. The minimum Gasteiger partial charge on any atom is -0.299 e. The lowest BCUT2D eigenvalue weighted by molar-refractivity contribution is -0.132. The van der Waals surface area contributed by atoms with Gasteiger partial charge in [-0.15, -0.1) is 0 Å². The minimum absolute atomic E-state index is 0.0645. The lowest BCUT2D eigenvalue weighted by atomic mass is 9.95. The van der Waals surface area contributed by atoms with Crippen molar-refractivity contribution in [3.05, 3.63) is 0 Å². The molecule has 0 spiro atoms. The molecule has 0 aromatic heterocycles. The summed E-state index contributed by atoms with van der Waals surface area (Å²) in [6, 6.07) is 0.267. The Morgan fingerprint density at radius 2 is 1.93 bits per heavy atom. The molecule has 0 aromatic carbocycles. The van der Waals surface area contributed by atoms with Crippen LogP contribution in [0.1, 0.15) is 26.7 Å². The number of hydrogen-bond acceptors (Lipinski definition) is 1. The van der Waals surface area contributed by atoms with Crippen LogP contribution in [-0.2, 0) is 0 Å². The molecule has 0 radical (unpaired) electrons. The molecule has 0 bridgehead atoms. The highest BCUT2D eigenvalue weighted by atomic mass is 79.9. The number of piperidine rings is 1. The van der Waals surface area contributed by atoms with Gasteiger partial charge in [0.05, 0.1) is 0 Å². The van der Waals surface area contributed by atoms with Gasteiger partial charge in [0, 0.05) is 19.1 Å². The monoisotopic (exact) mass is 287 g/mol. The summed E-state index contributed by atoms with van der Waals surface area (Å²) in [5.74, 6) is 0.508. The SMILES string of the molecule is CC1CCC(C)N(CC(Br)C(F)(F)F)C1. The zero-order valence-corrected chi connectivity index (χ0v) is 10.6. The molecule has 1 nitrogen and oxygen atoms in total. The third kappa shape index (κ3) is 3.94. The molecule has 1 heterocycles. The van der Waals surface area contributed by atoms with Gasteiger partial charge in [-0.25, -0.2) is 0 Å². The molecule has 1 saturated heterocycles. The van der Waals surface area contributed by atoms with E-state index in [9.17, 15) is 13.2 Å². The Balaban J connectivity index is 2.49. The molecule has 1 fully saturated rings. The van der Waals surface area contributed by atoms with Gasteiger partial charge in [0.25, 0.3) is 0 Å². The first-order chi connectivity index (χ1) is 6.80. The Labute approximate surface area is 97.1 Å². The second-order valence-corrected chi connectivity index (χ2v) is 5.60. The molecule has 5 heteroatoms. The second-order valence-electron chi connectivity index (χ2n) is 4.49. The van der Waals surface area contributed by atoms with Gasteiger partial charge < -0.3 is 0 Å². The molecule has 15 heavy (non-hydrogen) atoms. The second kappa shape index (κ2) is 5.04. The maximum Gasteiger partial charge on any atom is 0.402 e. The molecule has 3 unspecified atom stereocenters. The van der Waals surface area contributed by atoms with Crippen LogP contribution in [0.15, 0.2) is 0 Å². The Morgan fingerprint density at radius 3 is 2.47 bits per heavy atom. The molecule has 1 aliphatic heterocycles. The summed E-state index contributed by atoms with van der Waals surface area (Å²) < 4.78 is 37.1. The molecule has 3 atom stereocenters. The van der Waals surface area contributed by atoms with E-state index in [1.807, 2.05) is 11.8 Å². The van der Waals surface area contributed by atoms with Crippen LogP contribution in [0.2, 0.25) is 0 Å². The first kappa shape index (κ1) is 13.3. The van der Waals surface area contributed by atoms with Crippen molar-refractivity contribution in [2.45, 2.75) is 43.7 Å². The molecule has 1 aliphatic rings. The molecule has 0 aromatic rings. The van der Waals surface area contributed by atoms with Gasteiger partial charge in [0.2, 0.25) is 0 Å². The quantitative estimate of drug-likeness (QED) is 0.704. The number of likely N-dealkylation sites (tertiary alicyclic amines) is 1. The summed E-state index contributed by atoms with van der Waals surface area (Å²) in [5, 5.41) is 0. The number of halogens is 4. The van der Waals surface area contributed by atoms with E-state index in [0.29, 0.717) is 5.92 Å². The van der Waals surface area contributed by atoms with E-state index in [1.54, 1.807) is 0 Å². The van der Waals surface area contributed by atoms with Crippen LogP contribution in [0, 0.1) is 5.92 Å². The van der Waals surface area contributed by atoms with Crippen LogP contribution in [0.5, 0.6) is 0 Å². The predicted octanol–water partition coefficient (Wildman–Crippen LogP) is 3.43. The Kier molecular flexibility index (Phi) is 4.47. The normalized spacial score (nSPS) is 31.6. The lowest BCUT2D eigenvalue weighted by Crippen LogP contribution is -2.46. The number of alkyl halides is 4. The molecule has 1 rings (SSSR count). The summed E-state index contributed by atoms with van der Waals surface area (Å²) in [6.07, 6.45) is -2.02. The Hall–Kier alpha value is 0.230. The van der Waals surface area contributed by atoms with Gasteiger partial charge in [0.15, 0.2) is 0 Å². The molecule has 0 N–H and O–H groups in total. The van der Waals surface area contributed by atoms with Crippen LogP contribution in [0.3, 0.4) is 0 Å². The fourth-order valence-corrected chi connectivity index (χ4v) is 2.32. The van der Waals surface area contributed by atoms with Crippen molar-refractivity contribution in [2.75, 3.05) is 13.1 Å². The minimum atomic E-state index is -4.14. The van der Waals surface area contributed by atoms with E-state index in [1.165, 1.54) is 0 Å². The lowest BCUT2D eigenvalue weighted by Gasteiger charge is -2.38. The summed E-state index contributed by atoms with van der Waals surface area (Å²) in [4.78, 5) is 0.527. The highest BCUT2D eigenvalue weighted by Crippen LogP contribution is 2.29. The zero-order chi connectivity index (χ0) is 11.6. The van der Waals surface area contributed by atoms with Crippen molar-refractivity contribution < 1.29 is 13.2 Å². The van der Waals surface area contributed by atoms with Crippen molar-refractivity contribution in [2.24, 2.45) is 5.92 Å². The molecule has 0 saturated carbocycles. The van der Waals surface area contributed by atoms with Crippen molar-refractivity contribution in [3.63, 3.8) is 0 Å². The van der Waals surface area contributed by atoms with Crippen LogP contribution in [0.4, 0.5) is 13.2 Å². The third-order valence-corrected chi connectivity index (χ3v) is 3.81. The zero-order valence-electron chi connectivity index (χ0n) is 9.02. The fraction of sp³-hybridized carbons (Fsp3) is 1.00. The van der Waals surface area contributed by atoms with Crippen LogP contribution < -0.4 is 0 Å². The number of rotatable bonds is 2. The summed E-state index contributed by atoms with van der Waals surface area (Å²) in [7, 11) is 0. The van der Waals surface area contributed by atoms with Gasteiger partial charge in [-0.1, -0.05) is 22.9 Å². The van der Waals surface area contributed by atoms with E-state index in [0.717, 1.165) is 19.4 Å². The third-order valence-electron chi connectivity index (χ3n) is 3.00. The molecule has 90 valence electrons.